The van der Waals surface area contributed by atoms with Gasteiger partial charge in [-0.25, -0.2) is 18.9 Å². The smallest absolute Gasteiger partial charge is 0.419 e. The summed E-state index contributed by atoms with van der Waals surface area (Å²) in [6.07, 6.45) is -0.674. The highest BCUT2D eigenvalue weighted by molar-refractivity contribution is 5.88. The zero-order valence-corrected chi connectivity index (χ0v) is 18.2. The predicted molar refractivity (Wildman–Crippen MR) is 110 cm³/mol. The average Bonchev–Trinajstić information content (AvgIpc) is 3.45. The Kier molecular flexibility index (Phi) is 5.94. The molecule has 13 heteroatoms. The number of alkyl halides is 3. The lowest BCUT2D eigenvalue weighted by molar-refractivity contribution is -0.140. The first-order valence-corrected chi connectivity index (χ1v) is 10.0. The maximum absolute atomic E-state index is 14.1. The number of esters is 1. The van der Waals surface area contributed by atoms with Crippen LogP contribution in [0.15, 0.2) is 36.8 Å². The van der Waals surface area contributed by atoms with E-state index in [0.29, 0.717) is 17.1 Å². The Morgan fingerprint density at radius 3 is 2.59 bits per heavy atom. The second-order valence-corrected chi connectivity index (χ2v) is 7.16. The zero-order valence-electron chi connectivity index (χ0n) is 18.2. The summed E-state index contributed by atoms with van der Waals surface area (Å²) in [4.78, 5) is 20.6. The number of hydrogen-bond acceptors (Lipinski definition) is 7. The van der Waals surface area contributed by atoms with Crippen molar-refractivity contribution >= 4 is 17.0 Å². The second-order valence-electron chi connectivity index (χ2n) is 7.16. The monoisotopic (exact) mass is 478 g/mol. The maximum atomic E-state index is 14.1. The lowest BCUT2D eigenvalue weighted by Crippen LogP contribution is -2.13. The Hall–Kier alpha value is -4.03. The molecule has 0 fully saturated rings. The van der Waals surface area contributed by atoms with Crippen LogP contribution in [0.1, 0.15) is 41.4 Å². The van der Waals surface area contributed by atoms with Crippen molar-refractivity contribution < 1.29 is 31.8 Å². The fourth-order valence-corrected chi connectivity index (χ4v) is 3.37. The molecule has 3 aromatic heterocycles. The minimum absolute atomic E-state index is 0.0904. The lowest BCUT2D eigenvalue weighted by atomic mass is 10.1. The van der Waals surface area contributed by atoms with Crippen molar-refractivity contribution in [2.24, 2.45) is 0 Å². The van der Waals surface area contributed by atoms with Crippen LogP contribution in [-0.4, -0.2) is 49.2 Å². The normalized spacial score (nSPS) is 12.7. The summed E-state index contributed by atoms with van der Waals surface area (Å²) in [5, 5.41) is 8.33. The third-order valence-corrected chi connectivity index (χ3v) is 5.04. The van der Waals surface area contributed by atoms with Gasteiger partial charge >= 0.3 is 12.1 Å². The number of nitrogens with zero attached hydrogens (tertiary/aromatic N) is 6. The molecular formula is C21H18F4N6O3. The first-order valence-electron chi connectivity index (χ1n) is 10.0. The Labute approximate surface area is 189 Å². The Balaban J connectivity index is 1.73. The van der Waals surface area contributed by atoms with E-state index in [1.165, 1.54) is 41.1 Å². The molecule has 0 bridgehead atoms. The Bertz CT molecular complexity index is 1360. The maximum Gasteiger partial charge on any atom is 0.419 e. The molecule has 178 valence electrons. The zero-order chi connectivity index (χ0) is 24.6. The molecule has 1 aromatic carbocycles. The molecule has 0 aliphatic rings. The average molecular weight is 478 g/mol. The van der Waals surface area contributed by atoms with Crippen LogP contribution in [0.5, 0.6) is 5.88 Å². The highest BCUT2D eigenvalue weighted by Gasteiger charge is 2.34. The number of carbonyl (C=O) groups excluding carboxylic acids is 1. The molecule has 0 amide bonds. The van der Waals surface area contributed by atoms with Gasteiger partial charge in [-0.05, 0) is 31.5 Å². The third-order valence-electron chi connectivity index (χ3n) is 5.04. The summed E-state index contributed by atoms with van der Waals surface area (Å²) >= 11 is 0. The molecule has 0 unspecified atom stereocenters. The molecule has 34 heavy (non-hydrogen) atoms. The molecule has 1 atom stereocenters. The van der Waals surface area contributed by atoms with Gasteiger partial charge in [0.25, 0.3) is 5.95 Å². The Morgan fingerprint density at radius 1 is 1.18 bits per heavy atom. The van der Waals surface area contributed by atoms with Gasteiger partial charge in [0.15, 0.2) is 0 Å². The fourth-order valence-electron chi connectivity index (χ4n) is 3.37. The largest absolute Gasteiger partial charge is 0.479 e. The quantitative estimate of drug-likeness (QED) is 0.306. The summed E-state index contributed by atoms with van der Waals surface area (Å²) in [6.45, 7) is 3.53. The summed E-state index contributed by atoms with van der Waals surface area (Å²) in [5.41, 5.74) is -0.196. The van der Waals surface area contributed by atoms with E-state index >= 15 is 0 Å². The van der Waals surface area contributed by atoms with Crippen LogP contribution in [0, 0.1) is 5.82 Å². The number of methoxy groups -OCH3 is 1. The van der Waals surface area contributed by atoms with Crippen molar-refractivity contribution in [2.75, 3.05) is 13.7 Å². The molecule has 0 N–H and O–H groups in total. The minimum atomic E-state index is -4.79. The van der Waals surface area contributed by atoms with E-state index in [-0.39, 0.29) is 29.6 Å². The van der Waals surface area contributed by atoms with Gasteiger partial charge in [-0.1, -0.05) is 6.07 Å². The number of hydrogen-bond donors (Lipinski definition) is 0. The standard InChI is InChI=1S/C21H18F4N6O3/c1-4-34-19(32)13-8-26-30(10-13)20-28-16-9-27-31(17(16)18(29-20)33-3)11(2)12-5-6-14(15(22)7-12)21(23,24)25/h5-11H,4H2,1-3H3/t11-/m1/s1. The summed E-state index contributed by atoms with van der Waals surface area (Å²) in [7, 11) is 1.37. The Morgan fingerprint density at radius 2 is 1.94 bits per heavy atom. The molecule has 4 aromatic rings. The SMILES string of the molecule is CCOC(=O)c1cnn(-c2nc(OC)c3c(cnn3[C@H](C)c3ccc(C(F)(F)F)c(F)c3)n2)c1. The van der Waals surface area contributed by atoms with Crippen molar-refractivity contribution in [3.63, 3.8) is 0 Å². The van der Waals surface area contributed by atoms with E-state index in [4.69, 9.17) is 9.47 Å². The van der Waals surface area contributed by atoms with Crippen LogP contribution in [-0.2, 0) is 10.9 Å². The summed E-state index contributed by atoms with van der Waals surface area (Å²) in [6, 6.07) is 2.03. The second kappa shape index (κ2) is 8.72. The van der Waals surface area contributed by atoms with E-state index in [1.54, 1.807) is 13.8 Å². The first kappa shape index (κ1) is 23.1. The molecule has 0 saturated heterocycles. The minimum Gasteiger partial charge on any atom is -0.479 e. The van der Waals surface area contributed by atoms with Crippen molar-refractivity contribution in [3.8, 4) is 11.8 Å². The lowest BCUT2D eigenvalue weighted by Gasteiger charge is -2.17. The van der Waals surface area contributed by atoms with Crippen molar-refractivity contribution in [1.82, 2.24) is 29.5 Å². The summed E-state index contributed by atoms with van der Waals surface area (Å²) < 4.78 is 65.8. The van der Waals surface area contributed by atoms with Gasteiger partial charge in [0.2, 0.25) is 5.88 Å². The molecule has 0 aliphatic heterocycles. The number of benzene rings is 1. The van der Waals surface area contributed by atoms with Gasteiger partial charge in [-0.2, -0.15) is 28.4 Å². The van der Waals surface area contributed by atoms with E-state index in [0.717, 1.165) is 6.07 Å². The van der Waals surface area contributed by atoms with Crippen molar-refractivity contribution in [2.45, 2.75) is 26.1 Å². The topological polar surface area (TPSA) is 97.0 Å². The van der Waals surface area contributed by atoms with Crippen LogP contribution in [0.3, 0.4) is 0 Å². The van der Waals surface area contributed by atoms with E-state index in [2.05, 4.69) is 20.2 Å². The van der Waals surface area contributed by atoms with Crippen molar-refractivity contribution in [1.29, 1.82) is 0 Å². The number of ether oxygens (including phenoxy) is 2. The molecular weight excluding hydrogens is 460 g/mol. The van der Waals surface area contributed by atoms with Gasteiger partial charge in [0, 0.05) is 6.20 Å². The molecule has 0 spiro atoms. The predicted octanol–water partition coefficient (Wildman–Crippen LogP) is 3.96. The van der Waals surface area contributed by atoms with Gasteiger partial charge in [0.05, 0.1) is 43.3 Å². The van der Waals surface area contributed by atoms with Gasteiger partial charge in [-0.3, -0.25) is 4.68 Å². The van der Waals surface area contributed by atoms with E-state index in [1.807, 2.05) is 0 Å². The van der Waals surface area contributed by atoms with Crippen LogP contribution >= 0.6 is 0 Å². The van der Waals surface area contributed by atoms with E-state index < -0.39 is 29.6 Å². The highest BCUT2D eigenvalue weighted by atomic mass is 19.4. The third kappa shape index (κ3) is 4.16. The molecule has 0 radical (unpaired) electrons. The number of halogens is 4. The molecule has 0 saturated carbocycles. The van der Waals surface area contributed by atoms with Crippen LogP contribution in [0.4, 0.5) is 17.6 Å². The number of fused-ring (bicyclic) bond motifs is 1. The van der Waals surface area contributed by atoms with Crippen molar-refractivity contribution in [3.05, 3.63) is 59.3 Å². The molecule has 0 aliphatic carbocycles. The number of carbonyl (C=O) groups is 1. The highest BCUT2D eigenvalue weighted by Crippen LogP contribution is 2.34. The molecule has 9 nitrogen and oxygen atoms in total. The van der Waals surface area contributed by atoms with Gasteiger partial charge in [-0.15, -0.1) is 0 Å². The summed E-state index contributed by atoms with van der Waals surface area (Å²) in [5.74, 6) is -1.74. The molecule has 3 heterocycles. The van der Waals surface area contributed by atoms with Gasteiger partial charge < -0.3 is 9.47 Å². The van der Waals surface area contributed by atoms with Crippen LogP contribution < -0.4 is 4.74 Å². The van der Waals surface area contributed by atoms with Crippen LogP contribution in [0.25, 0.3) is 17.0 Å². The van der Waals surface area contributed by atoms with Crippen LogP contribution in [0.2, 0.25) is 0 Å². The molecule has 4 rings (SSSR count). The fraction of sp³-hybridized carbons (Fsp3) is 0.286. The number of aromatic nitrogens is 6. The van der Waals surface area contributed by atoms with Gasteiger partial charge in [0.1, 0.15) is 16.9 Å². The van der Waals surface area contributed by atoms with E-state index in [9.17, 15) is 22.4 Å². The number of rotatable bonds is 6. The first-order chi connectivity index (χ1) is 16.1.